The maximum atomic E-state index is 13.1. The Balaban J connectivity index is 1.34. The van der Waals surface area contributed by atoms with Crippen molar-refractivity contribution in [3.8, 4) is 0 Å². The van der Waals surface area contributed by atoms with E-state index in [1.807, 2.05) is 12.1 Å². The predicted octanol–water partition coefficient (Wildman–Crippen LogP) is 2.29. The number of anilines is 1. The van der Waals surface area contributed by atoms with Crippen LogP contribution in [0.15, 0.2) is 36.4 Å². The standard InChI is InChI=1S/C26H30N4O3/c27-12-2-5-18-4-1-7-22-20(18)6-3-13-29(22)15-17-8-9-19-16-30(26(33)21(19)14-17)23-10-11-24(31)28-25(23)32/h1,4,7-9,14,23H,2-3,5-6,10-13,15-16,27H2,(H,28,31,32). The molecule has 3 N–H and O–H groups in total. The third-order valence-electron chi connectivity index (χ3n) is 7.06. The van der Waals surface area contributed by atoms with E-state index in [0.29, 0.717) is 25.1 Å². The van der Waals surface area contributed by atoms with Gasteiger partial charge in [0.05, 0.1) is 0 Å². The Hall–Kier alpha value is -3.19. The number of carbonyl (C=O) groups is 3. The molecule has 1 fully saturated rings. The number of nitrogens with one attached hydrogen (secondary N) is 1. The Morgan fingerprint density at radius 2 is 1.97 bits per heavy atom. The third kappa shape index (κ3) is 4.13. The van der Waals surface area contributed by atoms with Crippen LogP contribution in [0.5, 0.6) is 0 Å². The van der Waals surface area contributed by atoms with Gasteiger partial charge in [-0.2, -0.15) is 0 Å². The molecular formula is C26H30N4O3. The van der Waals surface area contributed by atoms with Crippen LogP contribution in [-0.2, 0) is 35.5 Å². The van der Waals surface area contributed by atoms with Gasteiger partial charge in [-0.3, -0.25) is 19.7 Å². The zero-order valence-corrected chi connectivity index (χ0v) is 18.8. The van der Waals surface area contributed by atoms with E-state index in [4.69, 9.17) is 5.73 Å². The molecule has 1 atom stereocenters. The van der Waals surface area contributed by atoms with Crippen LogP contribution in [0, 0.1) is 0 Å². The maximum absolute atomic E-state index is 13.1. The minimum atomic E-state index is -0.577. The Bertz CT molecular complexity index is 1110. The van der Waals surface area contributed by atoms with Crippen molar-refractivity contribution in [3.63, 3.8) is 0 Å². The van der Waals surface area contributed by atoms with Gasteiger partial charge in [-0.25, -0.2) is 0 Å². The fourth-order valence-electron chi connectivity index (χ4n) is 5.38. The second-order valence-electron chi connectivity index (χ2n) is 9.22. The number of aryl methyl sites for hydroxylation is 1. The molecule has 0 spiro atoms. The summed E-state index contributed by atoms with van der Waals surface area (Å²) < 4.78 is 0. The number of carbonyl (C=O) groups excluding carboxylic acids is 3. The molecule has 3 aliphatic heterocycles. The van der Waals surface area contributed by atoms with E-state index in [9.17, 15) is 14.4 Å². The fourth-order valence-corrected chi connectivity index (χ4v) is 5.38. The number of benzene rings is 2. The number of nitrogens with two attached hydrogens (primary N) is 1. The number of hydrogen-bond donors (Lipinski definition) is 2. The zero-order valence-electron chi connectivity index (χ0n) is 18.8. The van der Waals surface area contributed by atoms with Gasteiger partial charge in [-0.1, -0.05) is 24.3 Å². The predicted molar refractivity (Wildman–Crippen MR) is 126 cm³/mol. The van der Waals surface area contributed by atoms with Crippen molar-refractivity contribution in [2.24, 2.45) is 5.73 Å². The molecular weight excluding hydrogens is 416 g/mol. The van der Waals surface area contributed by atoms with Crippen molar-refractivity contribution in [1.82, 2.24) is 10.2 Å². The SMILES string of the molecule is NCCCc1cccc2c1CCCN2Cc1ccc2c(c1)C(=O)N(C1CCC(=O)NC1=O)C2. The molecule has 0 bridgehead atoms. The van der Waals surface area contributed by atoms with Crippen LogP contribution in [-0.4, -0.2) is 41.8 Å². The second kappa shape index (κ2) is 8.98. The molecule has 1 saturated heterocycles. The molecule has 172 valence electrons. The lowest BCUT2D eigenvalue weighted by Gasteiger charge is -2.33. The van der Waals surface area contributed by atoms with Crippen molar-refractivity contribution in [2.45, 2.75) is 57.7 Å². The van der Waals surface area contributed by atoms with Crippen molar-refractivity contribution in [2.75, 3.05) is 18.0 Å². The second-order valence-corrected chi connectivity index (χ2v) is 9.22. The smallest absolute Gasteiger partial charge is 0.255 e. The molecule has 5 rings (SSSR count). The Morgan fingerprint density at radius 3 is 2.79 bits per heavy atom. The van der Waals surface area contributed by atoms with Crippen LogP contribution in [0.3, 0.4) is 0 Å². The molecule has 0 aliphatic carbocycles. The highest BCUT2D eigenvalue weighted by atomic mass is 16.2. The molecule has 2 aromatic rings. The van der Waals surface area contributed by atoms with E-state index in [2.05, 4.69) is 34.5 Å². The first-order valence-electron chi connectivity index (χ1n) is 11.9. The molecule has 0 saturated carbocycles. The summed E-state index contributed by atoms with van der Waals surface area (Å²) in [7, 11) is 0. The van der Waals surface area contributed by atoms with Gasteiger partial charge in [0, 0.05) is 37.3 Å². The van der Waals surface area contributed by atoms with E-state index in [1.54, 1.807) is 4.90 Å². The van der Waals surface area contributed by atoms with Crippen molar-refractivity contribution in [3.05, 3.63) is 64.2 Å². The van der Waals surface area contributed by atoms with Crippen LogP contribution < -0.4 is 16.0 Å². The molecule has 1 unspecified atom stereocenters. The van der Waals surface area contributed by atoms with Gasteiger partial charge in [0.25, 0.3) is 5.91 Å². The number of nitrogens with zero attached hydrogens (tertiary/aromatic N) is 2. The number of hydrogen-bond acceptors (Lipinski definition) is 5. The summed E-state index contributed by atoms with van der Waals surface area (Å²) in [6.45, 7) is 2.84. The van der Waals surface area contributed by atoms with E-state index in [0.717, 1.165) is 49.9 Å². The molecule has 3 amide bonds. The van der Waals surface area contributed by atoms with Gasteiger partial charge in [-0.05, 0) is 73.0 Å². The Kier molecular flexibility index (Phi) is 5.89. The van der Waals surface area contributed by atoms with Gasteiger partial charge >= 0.3 is 0 Å². The monoisotopic (exact) mass is 446 g/mol. The van der Waals surface area contributed by atoms with Crippen LogP contribution >= 0.6 is 0 Å². The van der Waals surface area contributed by atoms with Crippen molar-refractivity contribution < 1.29 is 14.4 Å². The summed E-state index contributed by atoms with van der Waals surface area (Å²) in [6, 6.07) is 12.1. The fraction of sp³-hybridized carbons (Fsp3) is 0.423. The summed E-state index contributed by atoms with van der Waals surface area (Å²) in [6.07, 6.45) is 4.86. The average molecular weight is 447 g/mol. The average Bonchev–Trinajstić information content (AvgIpc) is 3.13. The number of rotatable bonds is 6. The zero-order chi connectivity index (χ0) is 22.9. The highest BCUT2D eigenvalue weighted by molar-refractivity contribution is 6.05. The molecule has 0 radical (unpaired) electrons. The van der Waals surface area contributed by atoms with Gasteiger partial charge in [0.15, 0.2) is 0 Å². The summed E-state index contributed by atoms with van der Waals surface area (Å²) in [4.78, 5) is 40.9. The molecule has 33 heavy (non-hydrogen) atoms. The quantitative estimate of drug-likeness (QED) is 0.664. The summed E-state index contributed by atoms with van der Waals surface area (Å²) in [5.74, 6) is -0.761. The van der Waals surface area contributed by atoms with Crippen LogP contribution in [0.4, 0.5) is 5.69 Å². The van der Waals surface area contributed by atoms with E-state index in [-0.39, 0.29) is 24.1 Å². The molecule has 0 aromatic heterocycles. The van der Waals surface area contributed by atoms with Gasteiger partial charge < -0.3 is 15.5 Å². The minimum absolute atomic E-state index is 0.121. The maximum Gasteiger partial charge on any atom is 0.255 e. The minimum Gasteiger partial charge on any atom is -0.367 e. The normalized spacial score (nSPS) is 20.0. The van der Waals surface area contributed by atoms with Crippen LogP contribution in [0.1, 0.15) is 58.3 Å². The summed E-state index contributed by atoms with van der Waals surface area (Å²) in [5.41, 5.74) is 12.5. The van der Waals surface area contributed by atoms with E-state index >= 15 is 0 Å². The first-order valence-corrected chi connectivity index (χ1v) is 11.9. The van der Waals surface area contributed by atoms with Gasteiger partial charge in [0.1, 0.15) is 6.04 Å². The molecule has 3 aliphatic rings. The third-order valence-corrected chi connectivity index (χ3v) is 7.06. The topological polar surface area (TPSA) is 95.7 Å². The lowest BCUT2D eigenvalue weighted by atomic mass is 9.93. The molecule has 2 aromatic carbocycles. The number of imide groups is 1. The van der Waals surface area contributed by atoms with E-state index < -0.39 is 6.04 Å². The first kappa shape index (κ1) is 21.6. The molecule has 7 nitrogen and oxygen atoms in total. The number of piperidine rings is 1. The highest BCUT2D eigenvalue weighted by Gasteiger charge is 2.39. The summed E-state index contributed by atoms with van der Waals surface area (Å²) in [5, 5.41) is 2.36. The first-order chi connectivity index (χ1) is 16.0. The van der Waals surface area contributed by atoms with Gasteiger partial charge in [-0.15, -0.1) is 0 Å². The number of fused-ring (bicyclic) bond motifs is 2. The molecule has 7 heteroatoms. The van der Waals surface area contributed by atoms with Crippen molar-refractivity contribution in [1.29, 1.82) is 0 Å². The van der Waals surface area contributed by atoms with Crippen LogP contribution in [0.25, 0.3) is 0 Å². The Labute approximate surface area is 193 Å². The Morgan fingerprint density at radius 1 is 1.09 bits per heavy atom. The van der Waals surface area contributed by atoms with Gasteiger partial charge in [0.2, 0.25) is 11.8 Å². The largest absolute Gasteiger partial charge is 0.367 e. The summed E-state index contributed by atoms with van der Waals surface area (Å²) >= 11 is 0. The lowest BCUT2D eigenvalue weighted by Crippen LogP contribution is -2.52. The van der Waals surface area contributed by atoms with Crippen LogP contribution in [0.2, 0.25) is 0 Å². The lowest BCUT2D eigenvalue weighted by molar-refractivity contribution is -0.136. The number of amides is 3. The van der Waals surface area contributed by atoms with Crippen molar-refractivity contribution >= 4 is 23.4 Å². The highest BCUT2D eigenvalue weighted by Crippen LogP contribution is 2.33. The molecule has 3 heterocycles. The van der Waals surface area contributed by atoms with E-state index in [1.165, 1.54) is 16.8 Å².